The van der Waals surface area contributed by atoms with Crippen molar-refractivity contribution < 1.29 is 4.74 Å². The first-order valence-corrected chi connectivity index (χ1v) is 6.85. The van der Waals surface area contributed by atoms with E-state index in [1.165, 1.54) is 36.9 Å². The largest absolute Gasteiger partial charge is 0.490 e. The van der Waals surface area contributed by atoms with Gasteiger partial charge in [-0.1, -0.05) is 13.0 Å². The van der Waals surface area contributed by atoms with Crippen LogP contribution < -0.4 is 10.1 Å². The summed E-state index contributed by atoms with van der Waals surface area (Å²) in [6.45, 7) is 3.41. The molecule has 1 saturated carbocycles. The van der Waals surface area contributed by atoms with Crippen LogP contribution in [0.2, 0.25) is 0 Å². The summed E-state index contributed by atoms with van der Waals surface area (Å²) in [5.74, 6) is 1.93. The predicted octanol–water partition coefficient (Wildman–Crippen LogP) is 3.61. The molecule has 1 heterocycles. The van der Waals surface area contributed by atoms with Crippen LogP contribution in [0.5, 0.6) is 5.75 Å². The molecule has 3 rings (SSSR count). The molecule has 0 bridgehead atoms. The Morgan fingerprint density at radius 2 is 2.00 bits per heavy atom. The lowest BCUT2D eigenvalue weighted by Gasteiger charge is -2.27. The monoisotopic (exact) mass is 231 g/mol. The van der Waals surface area contributed by atoms with Crippen molar-refractivity contribution in [2.75, 3.05) is 11.9 Å². The molecule has 1 aliphatic heterocycles. The summed E-state index contributed by atoms with van der Waals surface area (Å²) in [5, 5.41) is 3.40. The number of rotatable bonds is 2. The first-order chi connectivity index (χ1) is 8.31. The lowest BCUT2D eigenvalue weighted by Crippen LogP contribution is -2.23. The quantitative estimate of drug-likeness (QED) is 0.839. The van der Waals surface area contributed by atoms with Gasteiger partial charge in [-0.25, -0.2) is 0 Å². The summed E-state index contributed by atoms with van der Waals surface area (Å²) in [5.41, 5.74) is 2.70. The smallest absolute Gasteiger partial charge is 0.121 e. The molecule has 0 atom stereocenters. The molecule has 2 nitrogen and oxygen atoms in total. The summed E-state index contributed by atoms with van der Waals surface area (Å²) in [6, 6.07) is 6.50. The zero-order chi connectivity index (χ0) is 11.7. The molecule has 0 saturated heterocycles. The maximum Gasteiger partial charge on any atom is 0.121 e. The van der Waals surface area contributed by atoms with E-state index in [0.29, 0.717) is 6.10 Å². The number of benzene rings is 1. The Morgan fingerprint density at radius 1 is 1.18 bits per heavy atom. The second kappa shape index (κ2) is 4.59. The summed E-state index contributed by atoms with van der Waals surface area (Å²) in [4.78, 5) is 0. The van der Waals surface area contributed by atoms with Gasteiger partial charge in [0.05, 0.1) is 6.10 Å². The van der Waals surface area contributed by atoms with Crippen molar-refractivity contribution in [3.8, 4) is 5.75 Å². The SMILES string of the molecule is CC1CCC(Oc2ccc3c(c2)NCC3)CC1. The molecule has 0 unspecified atom stereocenters. The van der Waals surface area contributed by atoms with E-state index in [1.807, 2.05) is 0 Å². The van der Waals surface area contributed by atoms with Crippen LogP contribution in [0.25, 0.3) is 0 Å². The van der Waals surface area contributed by atoms with Gasteiger partial charge in [0.15, 0.2) is 0 Å². The van der Waals surface area contributed by atoms with E-state index in [2.05, 4.69) is 30.4 Å². The Kier molecular flexibility index (Phi) is 2.96. The Balaban J connectivity index is 1.65. The minimum Gasteiger partial charge on any atom is -0.490 e. The van der Waals surface area contributed by atoms with Crippen molar-refractivity contribution in [3.05, 3.63) is 23.8 Å². The van der Waals surface area contributed by atoms with Crippen molar-refractivity contribution >= 4 is 5.69 Å². The Labute approximate surface area is 103 Å². The molecule has 2 aliphatic rings. The van der Waals surface area contributed by atoms with E-state index in [1.54, 1.807) is 0 Å². The van der Waals surface area contributed by atoms with Crippen LogP contribution >= 0.6 is 0 Å². The van der Waals surface area contributed by atoms with Gasteiger partial charge in [-0.15, -0.1) is 0 Å². The van der Waals surface area contributed by atoms with Crippen molar-refractivity contribution in [2.45, 2.75) is 45.1 Å². The molecule has 1 aromatic rings. The van der Waals surface area contributed by atoms with Crippen LogP contribution in [0.3, 0.4) is 0 Å². The fourth-order valence-corrected chi connectivity index (χ4v) is 2.88. The molecule has 0 amide bonds. The summed E-state index contributed by atoms with van der Waals surface area (Å²) in [6.07, 6.45) is 6.64. The van der Waals surface area contributed by atoms with E-state index >= 15 is 0 Å². The molecule has 1 N–H and O–H groups in total. The van der Waals surface area contributed by atoms with E-state index in [-0.39, 0.29) is 0 Å². The number of nitrogens with one attached hydrogen (secondary N) is 1. The topological polar surface area (TPSA) is 21.3 Å². The van der Waals surface area contributed by atoms with Gasteiger partial charge in [-0.05, 0) is 49.7 Å². The number of hydrogen-bond donors (Lipinski definition) is 1. The average molecular weight is 231 g/mol. The second-order valence-corrected chi connectivity index (χ2v) is 5.50. The minimum absolute atomic E-state index is 0.436. The standard InChI is InChI=1S/C15H21NO/c1-11-2-5-13(6-3-11)17-14-7-4-12-8-9-16-15(12)10-14/h4,7,10-11,13,16H,2-3,5-6,8-9H2,1H3. The molecular weight excluding hydrogens is 210 g/mol. The third-order valence-electron chi connectivity index (χ3n) is 4.06. The lowest BCUT2D eigenvalue weighted by molar-refractivity contribution is 0.135. The van der Waals surface area contributed by atoms with Crippen molar-refractivity contribution in [2.24, 2.45) is 5.92 Å². The van der Waals surface area contributed by atoms with Crippen LogP contribution in [0.4, 0.5) is 5.69 Å². The highest BCUT2D eigenvalue weighted by molar-refractivity contribution is 5.58. The van der Waals surface area contributed by atoms with E-state index < -0.39 is 0 Å². The second-order valence-electron chi connectivity index (χ2n) is 5.50. The van der Waals surface area contributed by atoms with Crippen molar-refractivity contribution in [3.63, 3.8) is 0 Å². The fraction of sp³-hybridized carbons (Fsp3) is 0.600. The average Bonchev–Trinajstić information content (AvgIpc) is 2.79. The predicted molar refractivity (Wildman–Crippen MR) is 70.7 cm³/mol. The molecule has 0 radical (unpaired) electrons. The maximum absolute atomic E-state index is 6.09. The van der Waals surface area contributed by atoms with Gasteiger partial charge in [0.1, 0.15) is 5.75 Å². The molecule has 1 fully saturated rings. The van der Waals surface area contributed by atoms with Crippen LogP contribution in [-0.2, 0) is 6.42 Å². The van der Waals surface area contributed by atoms with Crippen LogP contribution in [-0.4, -0.2) is 12.6 Å². The third-order valence-corrected chi connectivity index (χ3v) is 4.06. The van der Waals surface area contributed by atoms with E-state index in [0.717, 1.165) is 24.6 Å². The summed E-state index contributed by atoms with van der Waals surface area (Å²) >= 11 is 0. The molecule has 92 valence electrons. The molecular formula is C15H21NO. The van der Waals surface area contributed by atoms with Gasteiger partial charge in [-0.2, -0.15) is 0 Å². The molecule has 1 aliphatic carbocycles. The van der Waals surface area contributed by atoms with E-state index in [9.17, 15) is 0 Å². The first kappa shape index (κ1) is 10.9. The van der Waals surface area contributed by atoms with Crippen LogP contribution in [0, 0.1) is 5.92 Å². The van der Waals surface area contributed by atoms with Gasteiger partial charge in [0, 0.05) is 18.3 Å². The van der Waals surface area contributed by atoms with Gasteiger partial charge in [-0.3, -0.25) is 0 Å². The Hall–Kier alpha value is -1.18. The zero-order valence-corrected chi connectivity index (χ0v) is 10.5. The van der Waals surface area contributed by atoms with Crippen molar-refractivity contribution in [1.29, 1.82) is 0 Å². The van der Waals surface area contributed by atoms with E-state index in [4.69, 9.17) is 4.74 Å². The summed E-state index contributed by atoms with van der Waals surface area (Å²) in [7, 11) is 0. The fourth-order valence-electron chi connectivity index (χ4n) is 2.88. The summed E-state index contributed by atoms with van der Waals surface area (Å²) < 4.78 is 6.09. The first-order valence-electron chi connectivity index (χ1n) is 6.85. The number of fused-ring (bicyclic) bond motifs is 1. The van der Waals surface area contributed by atoms with Crippen LogP contribution in [0.1, 0.15) is 38.2 Å². The van der Waals surface area contributed by atoms with Gasteiger partial charge < -0.3 is 10.1 Å². The van der Waals surface area contributed by atoms with Crippen LogP contribution in [0.15, 0.2) is 18.2 Å². The van der Waals surface area contributed by atoms with Gasteiger partial charge in [0.2, 0.25) is 0 Å². The van der Waals surface area contributed by atoms with Crippen molar-refractivity contribution in [1.82, 2.24) is 0 Å². The lowest BCUT2D eigenvalue weighted by atomic mass is 9.89. The normalized spacial score (nSPS) is 27.4. The Bertz CT molecular complexity index is 394. The molecule has 17 heavy (non-hydrogen) atoms. The number of hydrogen-bond acceptors (Lipinski definition) is 2. The van der Waals surface area contributed by atoms with Gasteiger partial charge in [0.25, 0.3) is 0 Å². The Morgan fingerprint density at radius 3 is 2.82 bits per heavy atom. The molecule has 0 aromatic heterocycles. The number of ether oxygens (including phenoxy) is 1. The van der Waals surface area contributed by atoms with Gasteiger partial charge >= 0.3 is 0 Å². The molecule has 1 aromatic carbocycles. The minimum atomic E-state index is 0.436. The zero-order valence-electron chi connectivity index (χ0n) is 10.5. The third kappa shape index (κ3) is 2.41. The highest BCUT2D eigenvalue weighted by Crippen LogP contribution is 2.30. The highest BCUT2D eigenvalue weighted by Gasteiger charge is 2.20. The number of anilines is 1. The maximum atomic E-state index is 6.09. The highest BCUT2D eigenvalue weighted by atomic mass is 16.5. The molecule has 0 spiro atoms. The molecule has 2 heteroatoms.